The zero-order valence-electron chi connectivity index (χ0n) is 11.4. The minimum absolute atomic E-state index is 0.00470. The van der Waals surface area contributed by atoms with E-state index in [2.05, 4.69) is 30.9 Å². The first-order chi connectivity index (χ1) is 8.63. The summed E-state index contributed by atoms with van der Waals surface area (Å²) in [5.41, 5.74) is 10.7. The number of rotatable bonds is 3. The molecule has 1 heterocycles. The van der Waals surface area contributed by atoms with E-state index in [0.29, 0.717) is 0 Å². The average molecular weight is 248 g/mol. The Labute approximate surface area is 110 Å². The van der Waals surface area contributed by atoms with E-state index in [9.17, 15) is 5.11 Å². The molecule has 0 amide bonds. The fourth-order valence-electron chi connectivity index (χ4n) is 2.96. The third-order valence-corrected chi connectivity index (χ3v) is 3.87. The number of aliphatic hydroxyl groups excluding tert-OH is 1. The Kier molecular flexibility index (Phi) is 4.25. The van der Waals surface area contributed by atoms with Crippen molar-refractivity contribution in [2.75, 3.05) is 24.6 Å². The van der Waals surface area contributed by atoms with Crippen LogP contribution < -0.4 is 10.6 Å². The molecule has 3 N–H and O–H groups in total. The summed E-state index contributed by atoms with van der Waals surface area (Å²) in [5.74, 6) is 0. The predicted molar refractivity (Wildman–Crippen MR) is 76.0 cm³/mol. The van der Waals surface area contributed by atoms with Crippen LogP contribution >= 0.6 is 0 Å². The molecule has 2 rings (SSSR count). The molecule has 1 aromatic rings. The fourth-order valence-corrected chi connectivity index (χ4v) is 2.96. The van der Waals surface area contributed by atoms with Crippen molar-refractivity contribution in [3.05, 3.63) is 28.8 Å². The van der Waals surface area contributed by atoms with E-state index in [-0.39, 0.29) is 12.6 Å². The highest BCUT2D eigenvalue weighted by Crippen LogP contribution is 2.28. The molecule has 1 aliphatic rings. The maximum absolute atomic E-state index is 9.22. The van der Waals surface area contributed by atoms with Crippen molar-refractivity contribution in [3.63, 3.8) is 0 Å². The molecule has 0 radical (unpaired) electrons. The van der Waals surface area contributed by atoms with Gasteiger partial charge in [-0.3, -0.25) is 0 Å². The van der Waals surface area contributed by atoms with E-state index in [1.54, 1.807) is 0 Å². The van der Waals surface area contributed by atoms with Crippen LogP contribution in [0.15, 0.2) is 12.1 Å². The third-order valence-electron chi connectivity index (χ3n) is 3.87. The van der Waals surface area contributed by atoms with E-state index in [1.165, 1.54) is 36.1 Å². The number of aryl methyl sites for hydroxylation is 2. The molecule has 0 bridgehead atoms. The highest BCUT2D eigenvalue weighted by atomic mass is 16.3. The van der Waals surface area contributed by atoms with Gasteiger partial charge in [-0.2, -0.15) is 0 Å². The van der Waals surface area contributed by atoms with Crippen LogP contribution in [-0.4, -0.2) is 24.8 Å². The van der Waals surface area contributed by atoms with Gasteiger partial charge in [0.25, 0.3) is 0 Å². The molecular weight excluding hydrogens is 224 g/mol. The molecule has 3 nitrogen and oxygen atoms in total. The van der Waals surface area contributed by atoms with E-state index in [1.807, 2.05) is 0 Å². The summed E-state index contributed by atoms with van der Waals surface area (Å²) in [6.45, 7) is 6.50. The number of benzene rings is 1. The van der Waals surface area contributed by atoms with E-state index >= 15 is 0 Å². The standard InChI is InChI=1S/C15H24N2O/c1-11-8-13(17-6-4-3-5-7-17)9-12(2)15(11)14(16)10-18/h8-9,14,18H,3-7,10,16H2,1-2H3/t14-/m0/s1. The number of hydrogen-bond acceptors (Lipinski definition) is 3. The summed E-state index contributed by atoms with van der Waals surface area (Å²) < 4.78 is 0. The van der Waals surface area contributed by atoms with Gasteiger partial charge in [0, 0.05) is 18.8 Å². The minimum Gasteiger partial charge on any atom is -0.394 e. The fraction of sp³-hybridized carbons (Fsp3) is 0.600. The van der Waals surface area contributed by atoms with Gasteiger partial charge in [0.05, 0.1) is 12.6 Å². The van der Waals surface area contributed by atoms with Crippen LogP contribution in [0.25, 0.3) is 0 Å². The van der Waals surface area contributed by atoms with Gasteiger partial charge in [-0.25, -0.2) is 0 Å². The maximum atomic E-state index is 9.22. The van der Waals surface area contributed by atoms with Gasteiger partial charge in [0.1, 0.15) is 0 Å². The first-order valence-corrected chi connectivity index (χ1v) is 6.86. The second kappa shape index (κ2) is 5.72. The largest absolute Gasteiger partial charge is 0.394 e. The summed E-state index contributed by atoms with van der Waals surface area (Å²) in [4.78, 5) is 2.46. The van der Waals surface area contributed by atoms with Crippen molar-refractivity contribution in [2.24, 2.45) is 5.73 Å². The lowest BCUT2D eigenvalue weighted by Crippen LogP contribution is -2.29. The second-order valence-electron chi connectivity index (χ2n) is 5.33. The Bertz CT molecular complexity index is 388. The molecule has 0 aliphatic carbocycles. The van der Waals surface area contributed by atoms with Crippen LogP contribution in [0, 0.1) is 13.8 Å². The van der Waals surface area contributed by atoms with E-state index in [0.717, 1.165) is 18.7 Å². The Morgan fingerprint density at radius 3 is 2.22 bits per heavy atom. The molecule has 0 saturated carbocycles. The van der Waals surface area contributed by atoms with Crippen LogP contribution in [0.2, 0.25) is 0 Å². The highest BCUT2D eigenvalue weighted by molar-refractivity contribution is 5.55. The number of nitrogens with two attached hydrogens (primary N) is 1. The number of anilines is 1. The number of piperidine rings is 1. The van der Waals surface area contributed by atoms with Crippen molar-refractivity contribution >= 4 is 5.69 Å². The second-order valence-corrected chi connectivity index (χ2v) is 5.33. The summed E-state index contributed by atoms with van der Waals surface area (Å²) in [7, 11) is 0. The number of aliphatic hydroxyl groups is 1. The molecule has 0 unspecified atom stereocenters. The molecule has 18 heavy (non-hydrogen) atoms. The van der Waals surface area contributed by atoms with Gasteiger partial charge in [0.2, 0.25) is 0 Å². The molecule has 1 aliphatic heterocycles. The lowest BCUT2D eigenvalue weighted by molar-refractivity contribution is 0.267. The SMILES string of the molecule is Cc1cc(N2CCCCC2)cc(C)c1[C@@H](N)CO. The Morgan fingerprint density at radius 2 is 1.72 bits per heavy atom. The topological polar surface area (TPSA) is 49.5 Å². The number of nitrogens with zero attached hydrogens (tertiary/aromatic N) is 1. The Morgan fingerprint density at radius 1 is 1.17 bits per heavy atom. The van der Waals surface area contributed by atoms with Crippen LogP contribution in [-0.2, 0) is 0 Å². The first-order valence-electron chi connectivity index (χ1n) is 6.86. The zero-order valence-corrected chi connectivity index (χ0v) is 11.4. The monoisotopic (exact) mass is 248 g/mol. The minimum atomic E-state index is -0.264. The van der Waals surface area contributed by atoms with Crippen LogP contribution in [0.1, 0.15) is 42.0 Å². The molecule has 1 fully saturated rings. The summed E-state index contributed by atoms with van der Waals surface area (Å²) >= 11 is 0. The van der Waals surface area contributed by atoms with E-state index in [4.69, 9.17) is 5.73 Å². The van der Waals surface area contributed by atoms with Crippen molar-refractivity contribution in [1.82, 2.24) is 0 Å². The highest BCUT2D eigenvalue weighted by Gasteiger charge is 2.16. The van der Waals surface area contributed by atoms with Crippen molar-refractivity contribution in [3.8, 4) is 0 Å². The lowest BCUT2D eigenvalue weighted by Gasteiger charge is -2.30. The smallest absolute Gasteiger partial charge is 0.0624 e. The first kappa shape index (κ1) is 13.4. The van der Waals surface area contributed by atoms with Crippen molar-refractivity contribution in [1.29, 1.82) is 0 Å². The number of hydrogen-bond donors (Lipinski definition) is 2. The van der Waals surface area contributed by atoms with Gasteiger partial charge in [-0.1, -0.05) is 0 Å². The predicted octanol–water partition coefficient (Wildman–Crippen LogP) is 2.29. The van der Waals surface area contributed by atoms with Gasteiger partial charge < -0.3 is 15.7 Å². The van der Waals surface area contributed by atoms with Crippen LogP contribution in [0.5, 0.6) is 0 Å². The van der Waals surface area contributed by atoms with Crippen molar-refractivity contribution < 1.29 is 5.11 Å². The summed E-state index contributed by atoms with van der Waals surface area (Å²) in [6.07, 6.45) is 3.92. The van der Waals surface area contributed by atoms with Gasteiger partial charge in [0.15, 0.2) is 0 Å². The quantitative estimate of drug-likeness (QED) is 0.863. The summed E-state index contributed by atoms with van der Waals surface area (Å²) in [6, 6.07) is 4.16. The molecule has 100 valence electrons. The maximum Gasteiger partial charge on any atom is 0.0624 e. The molecule has 0 aromatic heterocycles. The van der Waals surface area contributed by atoms with E-state index < -0.39 is 0 Å². The Hall–Kier alpha value is -1.06. The molecule has 0 spiro atoms. The van der Waals surface area contributed by atoms with Crippen LogP contribution in [0.3, 0.4) is 0 Å². The molecule has 1 atom stereocenters. The Balaban J connectivity index is 2.29. The third kappa shape index (κ3) is 2.68. The average Bonchev–Trinajstić information content (AvgIpc) is 2.38. The van der Waals surface area contributed by atoms with Crippen LogP contribution in [0.4, 0.5) is 5.69 Å². The normalized spacial score (nSPS) is 17.9. The van der Waals surface area contributed by atoms with Gasteiger partial charge >= 0.3 is 0 Å². The lowest BCUT2D eigenvalue weighted by atomic mass is 9.95. The van der Waals surface area contributed by atoms with Gasteiger partial charge in [-0.05, 0) is 61.9 Å². The zero-order chi connectivity index (χ0) is 13.1. The summed E-state index contributed by atoms with van der Waals surface area (Å²) in [5, 5.41) is 9.22. The van der Waals surface area contributed by atoms with Crippen molar-refractivity contribution in [2.45, 2.75) is 39.2 Å². The molecule has 1 saturated heterocycles. The molecule has 1 aromatic carbocycles. The van der Waals surface area contributed by atoms with Gasteiger partial charge in [-0.15, -0.1) is 0 Å². The molecule has 3 heteroatoms. The molecular formula is C15H24N2O.